The summed E-state index contributed by atoms with van der Waals surface area (Å²) in [5, 5.41) is 0.428. The van der Waals surface area contributed by atoms with Gasteiger partial charge in [0.05, 0.1) is 22.9 Å². The van der Waals surface area contributed by atoms with Gasteiger partial charge in [-0.1, -0.05) is 17.4 Å². The van der Waals surface area contributed by atoms with Crippen molar-refractivity contribution in [3.63, 3.8) is 0 Å². The number of benzene rings is 2. The van der Waals surface area contributed by atoms with E-state index in [0.717, 1.165) is 16.8 Å². The minimum absolute atomic E-state index is 0.0320. The number of fused-ring (bicyclic) bond motifs is 1. The molecule has 0 radical (unpaired) electrons. The number of alkyl halides is 3. The van der Waals surface area contributed by atoms with Gasteiger partial charge in [0.1, 0.15) is 5.75 Å². The van der Waals surface area contributed by atoms with Crippen LogP contribution in [0.25, 0.3) is 10.2 Å². The zero-order chi connectivity index (χ0) is 21.2. The van der Waals surface area contributed by atoms with E-state index in [1.165, 1.54) is 28.4 Å². The average Bonchev–Trinajstić information content (AvgIpc) is 3.09. The van der Waals surface area contributed by atoms with E-state index in [4.69, 9.17) is 4.74 Å². The predicted molar refractivity (Wildman–Crippen MR) is 108 cm³/mol. The molecule has 1 aromatic heterocycles. The van der Waals surface area contributed by atoms with Crippen LogP contribution in [0.4, 0.5) is 18.3 Å². The quantitative estimate of drug-likeness (QED) is 0.584. The highest BCUT2D eigenvalue weighted by Crippen LogP contribution is 2.33. The van der Waals surface area contributed by atoms with E-state index in [-0.39, 0.29) is 5.56 Å². The molecule has 5 nitrogen and oxygen atoms in total. The predicted octanol–water partition coefficient (Wildman–Crippen LogP) is 4.53. The Hall–Kier alpha value is -2.65. The Morgan fingerprint density at radius 3 is 2.55 bits per heavy atom. The molecule has 0 saturated heterocycles. The third-order valence-electron chi connectivity index (χ3n) is 4.27. The fourth-order valence-corrected chi connectivity index (χ4v) is 3.68. The van der Waals surface area contributed by atoms with Crippen molar-refractivity contribution in [3.05, 3.63) is 53.6 Å². The molecule has 3 rings (SSSR count). The van der Waals surface area contributed by atoms with Crippen LogP contribution in [0.15, 0.2) is 42.5 Å². The van der Waals surface area contributed by atoms with Gasteiger partial charge in [0.25, 0.3) is 5.91 Å². The molecule has 0 aliphatic heterocycles. The number of nitrogens with zero attached hydrogens (tertiary/aromatic N) is 3. The number of hydrogen-bond acceptors (Lipinski definition) is 5. The van der Waals surface area contributed by atoms with E-state index < -0.39 is 17.6 Å². The molecule has 0 unspecified atom stereocenters. The second-order valence-electron chi connectivity index (χ2n) is 6.67. The molecule has 3 aromatic rings. The van der Waals surface area contributed by atoms with Crippen molar-refractivity contribution in [1.82, 2.24) is 9.88 Å². The molecule has 0 fully saturated rings. The van der Waals surface area contributed by atoms with Crippen molar-refractivity contribution in [3.8, 4) is 5.75 Å². The zero-order valence-electron chi connectivity index (χ0n) is 16.2. The minimum Gasteiger partial charge on any atom is -0.497 e. The first-order chi connectivity index (χ1) is 13.7. The highest BCUT2D eigenvalue weighted by Gasteiger charge is 2.31. The van der Waals surface area contributed by atoms with Gasteiger partial charge in [0.15, 0.2) is 5.13 Å². The Balaban J connectivity index is 2.00. The molecule has 0 atom stereocenters. The summed E-state index contributed by atoms with van der Waals surface area (Å²) in [6, 6.07) is 9.84. The first-order valence-corrected chi connectivity index (χ1v) is 9.59. The van der Waals surface area contributed by atoms with Gasteiger partial charge < -0.3 is 9.64 Å². The van der Waals surface area contributed by atoms with Gasteiger partial charge in [0, 0.05) is 24.7 Å². The van der Waals surface area contributed by atoms with E-state index in [9.17, 15) is 18.0 Å². The third-order valence-corrected chi connectivity index (χ3v) is 5.33. The van der Waals surface area contributed by atoms with Crippen molar-refractivity contribution in [2.75, 3.05) is 39.2 Å². The number of carbonyl (C=O) groups is 1. The minimum atomic E-state index is -4.52. The maximum absolute atomic E-state index is 13.1. The number of anilines is 1. The maximum atomic E-state index is 13.1. The first-order valence-electron chi connectivity index (χ1n) is 8.77. The fraction of sp³-hybridized carbons (Fsp3) is 0.300. The Bertz CT molecular complexity index is 1020. The molecule has 29 heavy (non-hydrogen) atoms. The number of hydrogen-bond donors (Lipinski definition) is 0. The fourth-order valence-electron chi connectivity index (χ4n) is 2.71. The van der Waals surface area contributed by atoms with E-state index in [2.05, 4.69) is 4.98 Å². The van der Waals surface area contributed by atoms with Crippen LogP contribution in [-0.4, -0.2) is 50.1 Å². The van der Waals surface area contributed by atoms with Gasteiger partial charge >= 0.3 is 6.18 Å². The van der Waals surface area contributed by atoms with Crippen molar-refractivity contribution < 1.29 is 22.7 Å². The summed E-state index contributed by atoms with van der Waals surface area (Å²) >= 11 is 1.31. The topological polar surface area (TPSA) is 45.7 Å². The zero-order valence-corrected chi connectivity index (χ0v) is 17.0. The summed E-state index contributed by atoms with van der Waals surface area (Å²) < 4.78 is 45.3. The number of thiazole rings is 1. The molecule has 0 N–H and O–H groups in total. The summed E-state index contributed by atoms with van der Waals surface area (Å²) in [5.74, 6) is 0.113. The van der Waals surface area contributed by atoms with Crippen LogP contribution in [0.1, 0.15) is 15.9 Å². The number of ether oxygens (including phenoxy) is 1. The van der Waals surface area contributed by atoms with Crippen LogP contribution < -0.4 is 9.64 Å². The van der Waals surface area contributed by atoms with Crippen molar-refractivity contribution in [2.45, 2.75) is 6.18 Å². The molecule has 0 aliphatic carbocycles. The van der Waals surface area contributed by atoms with Crippen LogP contribution in [0.2, 0.25) is 0 Å². The Morgan fingerprint density at radius 2 is 1.90 bits per heavy atom. The lowest BCUT2D eigenvalue weighted by Crippen LogP contribution is -2.36. The third kappa shape index (κ3) is 4.86. The molecule has 1 heterocycles. The molecule has 0 aliphatic rings. The lowest BCUT2D eigenvalue weighted by atomic mass is 10.1. The summed E-state index contributed by atoms with van der Waals surface area (Å²) in [6.45, 7) is 0.822. The van der Waals surface area contributed by atoms with E-state index in [1.807, 2.05) is 25.1 Å². The maximum Gasteiger partial charge on any atom is 0.416 e. The molecule has 1 amide bonds. The normalized spacial score (nSPS) is 11.8. The Kier molecular flexibility index (Phi) is 6.09. The molecule has 9 heteroatoms. The number of aromatic nitrogens is 1. The number of likely N-dealkylation sites (N-methyl/N-ethyl adjacent to an activating group) is 1. The second-order valence-corrected chi connectivity index (χ2v) is 7.68. The van der Waals surface area contributed by atoms with Gasteiger partial charge in [-0.05, 0) is 44.4 Å². The summed E-state index contributed by atoms with van der Waals surface area (Å²) in [5.41, 5.74) is -0.226. The second kappa shape index (κ2) is 8.38. The van der Waals surface area contributed by atoms with Crippen molar-refractivity contribution >= 4 is 32.6 Å². The number of methoxy groups -OCH3 is 1. The number of carbonyl (C=O) groups excluding carboxylic acids is 1. The lowest BCUT2D eigenvalue weighted by molar-refractivity contribution is -0.137. The first kappa shape index (κ1) is 21.1. The Labute approximate surface area is 170 Å². The molecule has 0 spiro atoms. The molecule has 2 aromatic carbocycles. The van der Waals surface area contributed by atoms with Crippen LogP contribution in [0.5, 0.6) is 5.75 Å². The number of amides is 1. The van der Waals surface area contributed by atoms with Crippen molar-refractivity contribution in [1.29, 1.82) is 0 Å². The molecule has 154 valence electrons. The molecule has 0 bridgehead atoms. The van der Waals surface area contributed by atoms with Crippen LogP contribution in [-0.2, 0) is 6.18 Å². The van der Waals surface area contributed by atoms with Gasteiger partial charge in [-0.3, -0.25) is 9.69 Å². The van der Waals surface area contributed by atoms with Crippen LogP contribution in [0, 0.1) is 0 Å². The van der Waals surface area contributed by atoms with Crippen molar-refractivity contribution in [2.24, 2.45) is 0 Å². The Morgan fingerprint density at radius 1 is 1.14 bits per heavy atom. The summed E-state index contributed by atoms with van der Waals surface area (Å²) in [6.07, 6.45) is -4.52. The van der Waals surface area contributed by atoms with Crippen LogP contribution in [0.3, 0.4) is 0 Å². The highest BCUT2D eigenvalue weighted by atomic mass is 32.1. The molecular weight excluding hydrogens is 403 g/mol. The standard InChI is InChI=1S/C20H20F3N3O2S/c1-25(2)9-10-26(18(27)13-5-4-6-14(11-13)20(21,22)23)19-24-16-12-15(28-3)7-8-17(16)29-19/h4-8,11-12H,9-10H2,1-3H3. The van der Waals surface area contributed by atoms with Gasteiger partial charge in [0.2, 0.25) is 0 Å². The lowest BCUT2D eigenvalue weighted by Gasteiger charge is -2.22. The van der Waals surface area contributed by atoms with E-state index in [1.54, 1.807) is 19.2 Å². The highest BCUT2D eigenvalue weighted by molar-refractivity contribution is 7.22. The van der Waals surface area contributed by atoms with E-state index in [0.29, 0.717) is 29.5 Å². The summed E-state index contributed by atoms with van der Waals surface area (Å²) in [4.78, 5) is 21.0. The average molecular weight is 423 g/mol. The van der Waals surface area contributed by atoms with Gasteiger partial charge in [-0.2, -0.15) is 13.2 Å². The number of rotatable bonds is 6. The van der Waals surface area contributed by atoms with Gasteiger partial charge in [-0.25, -0.2) is 4.98 Å². The molecule has 0 saturated carbocycles. The SMILES string of the molecule is COc1ccc2sc(N(CCN(C)C)C(=O)c3cccc(C(F)(F)F)c3)nc2c1. The number of halogens is 3. The smallest absolute Gasteiger partial charge is 0.416 e. The largest absolute Gasteiger partial charge is 0.497 e. The van der Waals surface area contributed by atoms with E-state index >= 15 is 0 Å². The van der Waals surface area contributed by atoms with Gasteiger partial charge in [-0.15, -0.1) is 0 Å². The summed E-state index contributed by atoms with van der Waals surface area (Å²) in [7, 11) is 5.27. The monoisotopic (exact) mass is 423 g/mol. The van der Waals surface area contributed by atoms with Crippen LogP contribution >= 0.6 is 11.3 Å². The molecular formula is C20H20F3N3O2S.